The van der Waals surface area contributed by atoms with Gasteiger partial charge in [0, 0.05) is 32.1 Å². The van der Waals surface area contributed by atoms with Gasteiger partial charge in [0.05, 0.1) is 6.04 Å². The Morgan fingerprint density at radius 2 is 2.15 bits per heavy atom. The molecule has 1 aliphatic heterocycles. The van der Waals surface area contributed by atoms with Crippen molar-refractivity contribution in [3.8, 4) is 0 Å². The molecule has 1 fully saturated rings. The van der Waals surface area contributed by atoms with Crippen molar-refractivity contribution >= 4 is 5.91 Å². The molecule has 3 N–H and O–H groups in total. The molecule has 2 rings (SSSR count). The van der Waals surface area contributed by atoms with Crippen LogP contribution in [0.3, 0.4) is 0 Å². The van der Waals surface area contributed by atoms with Crippen molar-refractivity contribution in [2.45, 2.75) is 38.8 Å². The van der Waals surface area contributed by atoms with E-state index in [1.807, 2.05) is 11.8 Å². The molecule has 0 bridgehead atoms. The Labute approximate surface area is 121 Å². The smallest absolute Gasteiger partial charge is 0.224 e. The Balaban J connectivity index is 2.15. The zero-order valence-electron chi connectivity index (χ0n) is 12.4. The quantitative estimate of drug-likeness (QED) is 0.874. The summed E-state index contributed by atoms with van der Waals surface area (Å²) in [7, 11) is 0. The van der Waals surface area contributed by atoms with Crippen molar-refractivity contribution < 1.29 is 4.79 Å². The summed E-state index contributed by atoms with van der Waals surface area (Å²) in [6, 6.07) is 8.63. The van der Waals surface area contributed by atoms with Crippen LogP contribution in [-0.4, -0.2) is 36.5 Å². The van der Waals surface area contributed by atoms with E-state index in [4.69, 9.17) is 5.73 Å². The molecule has 2 atom stereocenters. The summed E-state index contributed by atoms with van der Waals surface area (Å²) in [5, 5.41) is 3.37. The topological polar surface area (TPSA) is 58.4 Å². The van der Waals surface area contributed by atoms with Crippen LogP contribution in [0.4, 0.5) is 0 Å². The Hall–Kier alpha value is -1.39. The van der Waals surface area contributed by atoms with Crippen molar-refractivity contribution in [2.24, 2.45) is 5.73 Å². The monoisotopic (exact) mass is 275 g/mol. The third-order valence-electron chi connectivity index (χ3n) is 3.83. The summed E-state index contributed by atoms with van der Waals surface area (Å²) >= 11 is 0. The molecule has 0 spiro atoms. The van der Waals surface area contributed by atoms with E-state index in [1.54, 1.807) is 0 Å². The minimum absolute atomic E-state index is 0.0829. The summed E-state index contributed by atoms with van der Waals surface area (Å²) in [5.74, 6) is 0.158. The third kappa shape index (κ3) is 3.58. The molecule has 1 amide bonds. The predicted octanol–water partition coefficient (Wildman–Crippen LogP) is 1.46. The number of carbonyl (C=O) groups is 1. The molecule has 0 aliphatic carbocycles. The van der Waals surface area contributed by atoms with Crippen LogP contribution in [-0.2, 0) is 11.2 Å². The van der Waals surface area contributed by atoms with Gasteiger partial charge in [-0.15, -0.1) is 0 Å². The van der Waals surface area contributed by atoms with Crippen molar-refractivity contribution in [1.82, 2.24) is 10.2 Å². The summed E-state index contributed by atoms with van der Waals surface area (Å²) in [4.78, 5) is 14.3. The van der Waals surface area contributed by atoms with E-state index >= 15 is 0 Å². The Bertz CT molecular complexity index is 442. The highest BCUT2D eigenvalue weighted by atomic mass is 16.2. The first-order chi connectivity index (χ1) is 9.61. The van der Waals surface area contributed by atoms with Crippen LogP contribution in [0.5, 0.6) is 0 Å². The van der Waals surface area contributed by atoms with Gasteiger partial charge >= 0.3 is 0 Å². The summed E-state index contributed by atoms with van der Waals surface area (Å²) < 4.78 is 0. The van der Waals surface area contributed by atoms with Crippen LogP contribution in [0.1, 0.15) is 37.4 Å². The number of carbonyl (C=O) groups excluding carboxylic acids is 1. The van der Waals surface area contributed by atoms with Gasteiger partial charge in [-0.3, -0.25) is 4.79 Å². The fourth-order valence-corrected chi connectivity index (χ4v) is 2.67. The number of rotatable bonds is 4. The predicted molar refractivity (Wildman–Crippen MR) is 81.4 cm³/mol. The third-order valence-corrected chi connectivity index (χ3v) is 3.83. The maximum absolute atomic E-state index is 12.3. The number of nitrogens with zero attached hydrogens (tertiary/aromatic N) is 1. The van der Waals surface area contributed by atoms with Crippen LogP contribution in [0, 0.1) is 0 Å². The van der Waals surface area contributed by atoms with Crippen LogP contribution < -0.4 is 11.1 Å². The van der Waals surface area contributed by atoms with Gasteiger partial charge < -0.3 is 16.0 Å². The average Bonchev–Trinajstić information content (AvgIpc) is 2.46. The van der Waals surface area contributed by atoms with Crippen LogP contribution in [0.15, 0.2) is 24.3 Å². The summed E-state index contributed by atoms with van der Waals surface area (Å²) in [6.45, 7) is 6.46. The van der Waals surface area contributed by atoms with Crippen molar-refractivity contribution in [3.63, 3.8) is 0 Å². The molecule has 1 saturated heterocycles. The first-order valence-electron chi connectivity index (χ1n) is 7.46. The zero-order valence-corrected chi connectivity index (χ0v) is 12.4. The Kier molecular flexibility index (Phi) is 5.15. The van der Waals surface area contributed by atoms with Crippen LogP contribution in [0.25, 0.3) is 0 Å². The minimum atomic E-state index is -0.0829. The highest BCUT2D eigenvalue weighted by Crippen LogP contribution is 2.23. The zero-order chi connectivity index (χ0) is 14.5. The van der Waals surface area contributed by atoms with Crippen LogP contribution in [0.2, 0.25) is 0 Å². The molecular weight excluding hydrogens is 250 g/mol. The second kappa shape index (κ2) is 6.86. The SMILES string of the molecule is CCc1ccc(C2CNCCN2C(=O)CC(C)N)cc1. The number of benzene rings is 1. The van der Waals surface area contributed by atoms with Gasteiger partial charge in [-0.05, 0) is 24.5 Å². The Morgan fingerprint density at radius 1 is 1.45 bits per heavy atom. The lowest BCUT2D eigenvalue weighted by Crippen LogP contribution is -2.49. The molecule has 20 heavy (non-hydrogen) atoms. The van der Waals surface area contributed by atoms with E-state index in [1.165, 1.54) is 11.1 Å². The van der Waals surface area contributed by atoms with Crippen LogP contribution >= 0.6 is 0 Å². The number of hydrogen-bond donors (Lipinski definition) is 2. The van der Waals surface area contributed by atoms with Gasteiger partial charge in [-0.1, -0.05) is 31.2 Å². The average molecular weight is 275 g/mol. The standard InChI is InChI=1S/C16H25N3O/c1-3-13-4-6-14(7-5-13)15-11-18-8-9-19(15)16(20)10-12(2)17/h4-7,12,15,18H,3,8-11,17H2,1-2H3. The summed E-state index contributed by atoms with van der Waals surface area (Å²) in [5.41, 5.74) is 8.29. The van der Waals surface area contributed by atoms with Gasteiger partial charge in [0.15, 0.2) is 0 Å². The highest BCUT2D eigenvalue weighted by Gasteiger charge is 2.27. The largest absolute Gasteiger partial charge is 0.333 e. The second-order valence-corrected chi connectivity index (χ2v) is 5.58. The van der Waals surface area contributed by atoms with Gasteiger partial charge in [-0.2, -0.15) is 0 Å². The molecule has 1 aromatic rings. The van der Waals surface area contributed by atoms with Gasteiger partial charge in [0.2, 0.25) is 5.91 Å². The number of aryl methyl sites for hydroxylation is 1. The van der Waals surface area contributed by atoms with Crippen molar-refractivity contribution in [3.05, 3.63) is 35.4 Å². The fourth-order valence-electron chi connectivity index (χ4n) is 2.67. The Morgan fingerprint density at radius 3 is 2.75 bits per heavy atom. The first kappa shape index (κ1) is 15.0. The van der Waals surface area contributed by atoms with Gasteiger partial charge in [-0.25, -0.2) is 0 Å². The molecule has 0 saturated carbocycles. The molecule has 110 valence electrons. The number of nitrogens with one attached hydrogen (secondary N) is 1. The molecule has 2 unspecified atom stereocenters. The second-order valence-electron chi connectivity index (χ2n) is 5.58. The normalized spacial score (nSPS) is 20.8. The van der Waals surface area contributed by atoms with E-state index in [9.17, 15) is 4.79 Å². The highest BCUT2D eigenvalue weighted by molar-refractivity contribution is 5.77. The maximum Gasteiger partial charge on any atom is 0.224 e. The first-order valence-corrected chi connectivity index (χ1v) is 7.46. The maximum atomic E-state index is 12.3. The lowest BCUT2D eigenvalue weighted by molar-refractivity contribution is -0.134. The summed E-state index contributed by atoms with van der Waals surface area (Å²) in [6.07, 6.45) is 1.46. The van der Waals surface area contributed by atoms with Crippen molar-refractivity contribution in [1.29, 1.82) is 0 Å². The number of amides is 1. The molecular formula is C16H25N3O. The van der Waals surface area contributed by atoms with E-state index in [2.05, 4.69) is 36.5 Å². The number of piperazine rings is 1. The molecule has 0 aromatic heterocycles. The molecule has 1 heterocycles. The number of hydrogen-bond acceptors (Lipinski definition) is 3. The molecule has 4 nitrogen and oxygen atoms in total. The van der Waals surface area contributed by atoms with E-state index in [0.29, 0.717) is 6.42 Å². The number of nitrogens with two attached hydrogens (primary N) is 1. The molecule has 1 aromatic carbocycles. The lowest BCUT2D eigenvalue weighted by Gasteiger charge is -2.37. The van der Waals surface area contributed by atoms with Gasteiger partial charge in [0.25, 0.3) is 0 Å². The molecule has 4 heteroatoms. The minimum Gasteiger partial charge on any atom is -0.333 e. The van der Waals surface area contributed by atoms with Crippen molar-refractivity contribution in [2.75, 3.05) is 19.6 Å². The fraction of sp³-hybridized carbons (Fsp3) is 0.562. The van der Waals surface area contributed by atoms with E-state index < -0.39 is 0 Å². The van der Waals surface area contributed by atoms with Gasteiger partial charge in [0.1, 0.15) is 0 Å². The van der Waals surface area contributed by atoms with E-state index in [-0.39, 0.29) is 18.0 Å². The molecule has 0 radical (unpaired) electrons. The lowest BCUT2D eigenvalue weighted by atomic mass is 10.00. The van der Waals surface area contributed by atoms with E-state index in [0.717, 1.165) is 26.1 Å². The molecule has 1 aliphatic rings.